The molecule has 3 aromatic rings. The van der Waals surface area contributed by atoms with Gasteiger partial charge in [0.1, 0.15) is 17.1 Å². The Morgan fingerprint density at radius 3 is 2.56 bits per heavy atom. The van der Waals surface area contributed by atoms with Crippen LogP contribution in [0.4, 0.5) is 4.39 Å². The zero-order valence-electron chi connectivity index (χ0n) is 13.2. The van der Waals surface area contributed by atoms with Gasteiger partial charge in [0.2, 0.25) is 6.10 Å². The van der Waals surface area contributed by atoms with Crippen molar-refractivity contribution in [1.29, 1.82) is 0 Å². The van der Waals surface area contributed by atoms with E-state index in [4.69, 9.17) is 13.9 Å². The lowest BCUT2D eigenvalue weighted by molar-refractivity contribution is -0.148. The van der Waals surface area contributed by atoms with Crippen LogP contribution in [0.25, 0.3) is 11.0 Å². The van der Waals surface area contributed by atoms with Crippen LogP contribution in [0, 0.1) is 5.82 Å². The second kappa shape index (κ2) is 5.73. The maximum atomic E-state index is 13.3. The van der Waals surface area contributed by atoms with Gasteiger partial charge in [-0.15, -0.1) is 0 Å². The average Bonchev–Trinajstić information content (AvgIpc) is 3.03. The molecule has 0 aliphatic carbocycles. The predicted molar refractivity (Wildman–Crippen MR) is 87.2 cm³/mol. The topological polar surface area (TPSA) is 65.7 Å². The van der Waals surface area contributed by atoms with Gasteiger partial charge in [0.05, 0.1) is 24.0 Å². The van der Waals surface area contributed by atoms with Crippen molar-refractivity contribution in [1.82, 2.24) is 0 Å². The van der Waals surface area contributed by atoms with Gasteiger partial charge >= 0.3 is 11.6 Å². The number of esters is 1. The van der Waals surface area contributed by atoms with Gasteiger partial charge < -0.3 is 13.9 Å². The number of hydrogen-bond acceptors (Lipinski definition) is 5. The van der Waals surface area contributed by atoms with Crippen LogP contribution in [0.5, 0.6) is 5.75 Å². The molecule has 2 aromatic carbocycles. The lowest BCUT2D eigenvalue weighted by Gasteiger charge is -2.16. The molecule has 1 aliphatic rings. The molecule has 25 heavy (non-hydrogen) atoms. The molecule has 0 spiro atoms. The summed E-state index contributed by atoms with van der Waals surface area (Å²) in [5.74, 6) is -1.46. The lowest BCUT2D eigenvalue weighted by atomic mass is 9.88. The van der Waals surface area contributed by atoms with E-state index in [2.05, 4.69) is 0 Å². The van der Waals surface area contributed by atoms with Gasteiger partial charge in [-0.3, -0.25) is 0 Å². The molecule has 2 atom stereocenters. The minimum atomic E-state index is -1.04. The highest BCUT2D eigenvalue weighted by Crippen LogP contribution is 2.44. The number of benzene rings is 2. The Morgan fingerprint density at radius 2 is 1.84 bits per heavy atom. The first kappa shape index (κ1) is 15.4. The minimum Gasteiger partial charge on any atom is -0.476 e. The van der Waals surface area contributed by atoms with Gasteiger partial charge in [-0.25, -0.2) is 14.0 Å². The van der Waals surface area contributed by atoms with E-state index in [1.807, 2.05) is 0 Å². The molecule has 0 amide bonds. The standard InChI is InChI=1S/C19H13FO5/c1-23-19(22)17-14(10-6-8-11(20)9-7-10)15-16(25-17)12-4-2-3-5-13(12)24-18(15)21/h2-9,14,17H,1H3/t14-,17+/m0/s1. The molecule has 0 fully saturated rings. The molecular weight excluding hydrogens is 327 g/mol. The molecule has 0 unspecified atom stereocenters. The van der Waals surface area contributed by atoms with E-state index in [0.29, 0.717) is 22.3 Å². The van der Waals surface area contributed by atoms with Gasteiger partial charge in [-0.1, -0.05) is 24.3 Å². The summed E-state index contributed by atoms with van der Waals surface area (Å²) in [6.45, 7) is 0. The third-order valence-electron chi connectivity index (χ3n) is 4.32. The molecule has 0 saturated carbocycles. The fourth-order valence-corrected chi connectivity index (χ4v) is 3.19. The molecule has 0 bridgehead atoms. The van der Waals surface area contributed by atoms with Crippen molar-refractivity contribution in [3.63, 3.8) is 0 Å². The lowest BCUT2D eigenvalue weighted by Crippen LogP contribution is -2.31. The quantitative estimate of drug-likeness (QED) is 0.530. The summed E-state index contributed by atoms with van der Waals surface area (Å²) in [5.41, 5.74) is 0.586. The van der Waals surface area contributed by atoms with E-state index in [-0.39, 0.29) is 5.56 Å². The van der Waals surface area contributed by atoms with Gasteiger partial charge in [-0.05, 0) is 29.8 Å². The third kappa shape index (κ3) is 2.38. The third-order valence-corrected chi connectivity index (χ3v) is 4.32. The number of methoxy groups -OCH3 is 1. The van der Waals surface area contributed by atoms with E-state index in [1.54, 1.807) is 24.3 Å². The van der Waals surface area contributed by atoms with E-state index >= 15 is 0 Å². The Bertz CT molecular complexity index is 1020. The number of rotatable bonds is 2. The summed E-state index contributed by atoms with van der Waals surface area (Å²) in [6.07, 6.45) is -1.04. The highest BCUT2D eigenvalue weighted by atomic mass is 19.1. The molecule has 0 N–H and O–H groups in total. The van der Waals surface area contributed by atoms with Crippen LogP contribution in [-0.2, 0) is 9.53 Å². The van der Waals surface area contributed by atoms with Crippen LogP contribution >= 0.6 is 0 Å². The van der Waals surface area contributed by atoms with Gasteiger partial charge in [0.15, 0.2) is 0 Å². The maximum Gasteiger partial charge on any atom is 0.348 e. The SMILES string of the molecule is COC(=O)[C@@H]1Oc2c(c(=O)oc3ccccc23)[C@@H]1c1ccc(F)cc1. The second-order valence-electron chi connectivity index (χ2n) is 5.72. The summed E-state index contributed by atoms with van der Waals surface area (Å²) < 4.78 is 29.3. The molecule has 0 radical (unpaired) electrons. The summed E-state index contributed by atoms with van der Waals surface area (Å²) in [7, 11) is 1.25. The smallest absolute Gasteiger partial charge is 0.348 e. The number of ether oxygens (including phenoxy) is 2. The molecule has 5 nitrogen and oxygen atoms in total. The van der Waals surface area contributed by atoms with Crippen molar-refractivity contribution >= 4 is 16.9 Å². The summed E-state index contributed by atoms with van der Waals surface area (Å²) in [5, 5.41) is 0.593. The van der Waals surface area contributed by atoms with Crippen molar-refractivity contribution in [3.05, 3.63) is 75.9 Å². The fourth-order valence-electron chi connectivity index (χ4n) is 3.19. The number of hydrogen-bond donors (Lipinski definition) is 0. The zero-order chi connectivity index (χ0) is 17.6. The molecule has 1 aliphatic heterocycles. The number of carbonyl (C=O) groups is 1. The van der Waals surface area contributed by atoms with Crippen LogP contribution in [0.1, 0.15) is 17.0 Å². The van der Waals surface area contributed by atoms with E-state index in [9.17, 15) is 14.0 Å². The Morgan fingerprint density at radius 1 is 1.12 bits per heavy atom. The summed E-state index contributed by atoms with van der Waals surface area (Å²) in [4.78, 5) is 24.8. The first-order chi connectivity index (χ1) is 12.1. The molecular formula is C19H13FO5. The van der Waals surface area contributed by atoms with Crippen molar-refractivity contribution < 1.29 is 23.1 Å². The van der Waals surface area contributed by atoms with E-state index in [1.165, 1.54) is 31.4 Å². The first-order valence-electron chi connectivity index (χ1n) is 7.66. The Kier molecular flexibility index (Phi) is 3.53. The van der Waals surface area contributed by atoms with Gasteiger partial charge in [0, 0.05) is 0 Å². The van der Waals surface area contributed by atoms with E-state index < -0.39 is 29.4 Å². The Hall–Kier alpha value is -3.15. The van der Waals surface area contributed by atoms with Gasteiger partial charge in [0.25, 0.3) is 0 Å². The highest BCUT2D eigenvalue weighted by molar-refractivity contribution is 5.88. The Balaban J connectivity index is 1.98. The Labute approximate surface area is 141 Å². The maximum absolute atomic E-state index is 13.3. The number of carbonyl (C=O) groups excluding carboxylic acids is 1. The zero-order valence-corrected chi connectivity index (χ0v) is 13.2. The summed E-state index contributed by atoms with van der Waals surface area (Å²) in [6, 6.07) is 12.5. The van der Waals surface area contributed by atoms with Crippen molar-refractivity contribution in [2.75, 3.05) is 7.11 Å². The van der Waals surface area contributed by atoms with Crippen LogP contribution in [0.15, 0.2) is 57.7 Å². The predicted octanol–water partition coefficient (Wildman–Crippen LogP) is 3.00. The molecule has 0 saturated heterocycles. The number of halogens is 1. The van der Waals surface area contributed by atoms with Crippen LogP contribution < -0.4 is 10.4 Å². The fraction of sp³-hybridized carbons (Fsp3) is 0.158. The number of para-hydroxylation sites is 1. The first-order valence-corrected chi connectivity index (χ1v) is 7.66. The van der Waals surface area contributed by atoms with Crippen molar-refractivity contribution in [2.24, 2.45) is 0 Å². The second-order valence-corrected chi connectivity index (χ2v) is 5.72. The van der Waals surface area contributed by atoms with Crippen molar-refractivity contribution in [2.45, 2.75) is 12.0 Å². The molecule has 2 heterocycles. The van der Waals surface area contributed by atoms with Crippen LogP contribution in [-0.4, -0.2) is 19.2 Å². The van der Waals surface area contributed by atoms with Gasteiger partial charge in [-0.2, -0.15) is 0 Å². The summed E-state index contributed by atoms with van der Waals surface area (Å²) >= 11 is 0. The molecule has 4 rings (SSSR count). The minimum absolute atomic E-state index is 0.237. The largest absolute Gasteiger partial charge is 0.476 e. The normalized spacial score (nSPS) is 18.6. The monoisotopic (exact) mass is 340 g/mol. The molecule has 6 heteroatoms. The molecule has 1 aromatic heterocycles. The van der Waals surface area contributed by atoms with Crippen LogP contribution in [0.3, 0.4) is 0 Å². The highest BCUT2D eigenvalue weighted by Gasteiger charge is 2.44. The average molecular weight is 340 g/mol. The number of fused-ring (bicyclic) bond motifs is 3. The van der Waals surface area contributed by atoms with E-state index in [0.717, 1.165) is 0 Å². The van der Waals surface area contributed by atoms with Crippen LogP contribution in [0.2, 0.25) is 0 Å². The van der Waals surface area contributed by atoms with Crippen molar-refractivity contribution in [3.8, 4) is 5.75 Å². The molecule has 126 valence electrons.